The van der Waals surface area contributed by atoms with E-state index in [2.05, 4.69) is 25.8 Å². The number of nitrogens with two attached hydrogens (primary N) is 1. The third kappa shape index (κ3) is 3.05. The van der Waals surface area contributed by atoms with Crippen molar-refractivity contribution in [1.29, 1.82) is 0 Å². The highest BCUT2D eigenvalue weighted by atomic mass is 32.1. The SMILES string of the molecule is CC(C)CCN(C)c1cc(N)c(C(=O)C2CC2)s1. The third-order valence-electron chi connectivity index (χ3n) is 3.34. The molecule has 0 atom stereocenters. The van der Waals surface area contributed by atoms with Gasteiger partial charge in [0.1, 0.15) is 0 Å². The van der Waals surface area contributed by atoms with E-state index in [4.69, 9.17) is 5.73 Å². The summed E-state index contributed by atoms with van der Waals surface area (Å²) in [6, 6.07) is 1.95. The molecule has 2 N–H and O–H groups in total. The van der Waals surface area contributed by atoms with Crippen molar-refractivity contribution in [3.05, 3.63) is 10.9 Å². The molecule has 1 aliphatic rings. The van der Waals surface area contributed by atoms with Gasteiger partial charge in [-0.05, 0) is 31.2 Å². The first-order valence-electron chi connectivity index (χ1n) is 6.63. The summed E-state index contributed by atoms with van der Waals surface area (Å²) in [6.07, 6.45) is 3.23. The molecule has 0 unspecified atom stereocenters. The Morgan fingerprint density at radius 2 is 2.22 bits per heavy atom. The monoisotopic (exact) mass is 266 g/mol. The molecule has 0 spiro atoms. The van der Waals surface area contributed by atoms with E-state index in [1.165, 1.54) is 0 Å². The number of carbonyl (C=O) groups excluding carboxylic acids is 1. The van der Waals surface area contributed by atoms with Crippen molar-refractivity contribution < 1.29 is 4.79 Å². The van der Waals surface area contributed by atoms with Gasteiger partial charge in [0, 0.05) is 19.5 Å². The predicted octanol–water partition coefficient (Wildman–Crippen LogP) is 3.41. The number of rotatable bonds is 6. The molecule has 1 aliphatic carbocycles. The van der Waals surface area contributed by atoms with Gasteiger partial charge in [-0.2, -0.15) is 0 Å². The van der Waals surface area contributed by atoms with Crippen LogP contribution in [-0.4, -0.2) is 19.4 Å². The first kappa shape index (κ1) is 13.4. The largest absolute Gasteiger partial charge is 0.397 e. The second-order valence-corrected chi connectivity index (χ2v) is 6.64. The van der Waals surface area contributed by atoms with Crippen LogP contribution in [0.15, 0.2) is 6.07 Å². The van der Waals surface area contributed by atoms with Crippen LogP contribution in [0.25, 0.3) is 0 Å². The van der Waals surface area contributed by atoms with Crippen LogP contribution in [0.5, 0.6) is 0 Å². The first-order valence-corrected chi connectivity index (χ1v) is 7.45. The first-order chi connectivity index (χ1) is 8.49. The normalized spacial score (nSPS) is 15.1. The molecule has 0 bridgehead atoms. The Morgan fingerprint density at radius 3 is 2.78 bits per heavy atom. The van der Waals surface area contributed by atoms with Crippen molar-refractivity contribution in [2.45, 2.75) is 33.1 Å². The minimum Gasteiger partial charge on any atom is -0.397 e. The van der Waals surface area contributed by atoms with E-state index in [9.17, 15) is 4.79 Å². The topological polar surface area (TPSA) is 46.3 Å². The molecule has 0 aliphatic heterocycles. The quantitative estimate of drug-likeness (QED) is 0.803. The Kier molecular flexibility index (Phi) is 3.95. The number of carbonyl (C=O) groups is 1. The average Bonchev–Trinajstić information content (AvgIpc) is 3.08. The average molecular weight is 266 g/mol. The predicted molar refractivity (Wildman–Crippen MR) is 78.5 cm³/mol. The molecule has 3 nitrogen and oxygen atoms in total. The maximum Gasteiger partial charge on any atom is 0.178 e. The maximum absolute atomic E-state index is 12.0. The number of hydrogen-bond acceptors (Lipinski definition) is 4. The highest BCUT2D eigenvalue weighted by molar-refractivity contribution is 7.18. The molecule has 18 heavy (non-hydrogen) atoms. The molecule has 0 amide bonds. The van der Waals surface area contributed by atoms with Gasteiger partial charge >= 0.3 is 0 Å². The van der Waals surface area contributed by atoms with Crippen LogP contribution in [0, 0.1) is 11.8 Å². The Morgan fingerprint density at radius 1 is 1.56 bits per heavy atom. The number of Topliss-reactive ketones (excluding diaryl/α,β-unsaturated/α-hetero) is 1. The van der Waals surface area contributed by atoms with E-state index < -0.39 is 0 Å². The second-order valence-electron chi connectivity index (χ2n) is 5.61. The number of hydrogen-bond donors (Lipinski definition) is 1. The van der Waals surface area contributed by atoms with Gasteiger partial charge in [-0.3, -0.25) is 4.79 Å². The lowest BCUT2D eigenvalue weighted by molar-refractivity contribution is 0.0972. The molecule has 4 heteroatoms. The van der Waals surface area contributed by atoms with Gasteiger partial charge in [0.25, 0.3) is 0 Å². The number of nitrogen functional groups attached to an aromatic ring is 1. The molecule has 0 saturated heterocycles. The van der Waals surface area contributed by atoms with E-state index in [-0.39, 0.29) is 11.7 Å². The molecule has 1 aromatic rings. The fourth-order valence-corrected chi connectivity index (χ4v) is 2.95. The number of thiophene rings is 1. The van der Waals surface area contributed by atoms with Crippen molar-refractivity contribution in [2.75, 3.05) is 24.2 Å². The summed E-state index contributed by atoms with van der Waals surface area (Å²) in [7, 11) is 2.07. The molecule has 100 valence electrons. The van der Waals surface area contributed by atoms with E-state index >= 15 is 0 Å². The van der Waals surface area contributed by atoms with Gasteiger partial charge in [-0.1, -0.05) is 13.8 Å². The van der Waals surface area contributed by atoms with Crippen LogP contribution in [0.4, 0.5) is 10.7 Å². The Hall–Kier alpha value is -1.03. The van der Waals surface area contributed by atoms with Crippen molar-refractivity contribution >= 4 is 27.8 Å². The molecule has 1 saturated carbocycles. The molecular weight excluding hydrogens is 244 g/mol. The van der Waals surface area contributed by atoms with Crippen LogP contribution in [0.1, 0.15) is 42.8 Å². The highest BCUT2D eigenvalue weighted by Gasteiger charge is 2.32. The van der Waals surface area contributed by atoms with Crippen molar-refractivity contribution in [1.82, 2.24) is 0 Å². The zero-order valence-electron chi connectivity index (χ0n) is 11.4. The minimum atomic E-state index is 0.250. The van der Waals surface area contributed by atoms with Crippen LogP contribution in [0.3, 0.4) is 0 Å². The van der Waals surface area contributed by atoms with Crippen molar-refractivity contribution in [3.8, 4) is 0 Å². The Bertz CT molecular complexity index is 435. The van der Waals surface area contributed by atoms with Gasteiger partial charge in [0.05, 0.1) is 15.6 Å². The summed E-state index contributed by atoms with van der Waals surface area (Å²) in [6.45, 7) is 5.45. The van der Waals surface area contributed by atoms with Crippen molar-refractivity contribution in [3.63, 3.8) is 0 Å². The molecule has 1 fully saturated rings. The smallest absolute Gasteiger partial charge is 0.178 e. The lowest BCUT2D eigenvalue weighted by Crippen LogP contribution is -2.18. The van der Waals surface area contributed by atoms with Gasteiger partial charge in [0.2, 0.25) is 0 Å². The fraction of sp³-hybridized carbons (Fsp3) is 0.643. The molecular formula is C14H22N2OS. The highest BCUT2D eigenvalue weighted by Crippen LogP contribution is 2.39. The summed E-state index contributed by atoms with van der Waals surface area (Å²) in [5.41, 5.74) is 6.62. The summed E-state index contributed by atoms with van der Waals surface area (Å²) in [5.74, 6) is 1.19. The number of nitrogens with zero attached hydrogens (tertiary/aromatic N) is 1. The van der Waals surface area contributed by atoms with E-state index in [0.29, 0.717) is 11.6 Å². The second kappa shape index (κ2) is 5.31. The molecule has 1 heterocycles. The number of anilines is 2. The van der Waals surface area contributed by atoms with Crippen LogP contribution < -0.4 is 10.6 Å². The van der Waals surface area contributed by atoms with Gasteiger partial charge < -0.3 is 10.6 Å². The van der Waals surface area contributed by atoms with Crippen molar-refractivity contribution in [2.24, 2.45) is 11.8 Å². The summed E-state index contributed by atoms with van der Waals surface area (Å²) >= 11 is 1.55. The Balaban J connectivity index is 2.05. The van der Waals surface area contributed by atoms with E-state index in [1.807, 2.05) is 6.07 Å². The van der Waals surface area contributed by atoms with Crippen LogP contribution >= 0.6 is 11.3 Å². The number of ketones is 1. The van der Waals surface area contributed by atoms with Gasteiger partial charge in [-0.25, -0.2) is 0 Å². The van der Waals surface area contributed by atoms with E-state index in [0.717, 1.165) is 35.7 Å². The maximum atomic E-state index is 12.0. The molecule has 1 aromatic heterocycles. The van der Waals surface area contributed by atoms with Crippen LogP contribution in [-0.2, 0) is 0 Å². The standard InChI is InChI=1S/C14H22N2OS/c1-9(2)6-7-16(3)12-8-11(15)14(18-12)13(17)10-4-5-10/h8-10H,4-7,15H2,1-3H3. The molecule has 0 radical (unpaired) electrons. The van der Waals surface area contributed by atoms with E-state index in [1.54, 1.807) is 11.3 Å². The summed E-state index contributed by atoms with van der Waals surface area (Å²) in [5, 5.41) is 1.11. The third-order valence-corrected chi connectivity index (χ3v) is 4.62. The van der Waals surface area contributed by atoms with Gasteiger partial charge in [-0.15, -0.1) is 11.3 Å². The summed E-state index contributed by atoms with van der Waals surface area (Å²) in [4.78, 5) is 15.0. The summed E-state index contributed by atoms with van der Waals surface area (Å²) < 4.78 is 0. The lowest BCUT2D eigenvalue weighted by Gasteiger charge is -2.17. The lowest BCUT2D eigenvalue weighted by atomic mass is 10.1. The zero-order valence-corrected chi connectivity index (χ0v) is 12.2. The van der Waals surface area contributed by atoms with Crippen LogP contribution in [0.2, 0.25) is 0 Å². The Labute approximate surface area is 113 Å². The van der Waals surface area contributed by atoms with Gasteiger partial charge in [0.15, 0.2) is 5.78 Å². The minimum absolute atomic E-state index is 0.250. The zero-order chi connectivity index (χ0) is 13.3. The molecule has 0 aromatic carbocycles. The molecule has 2 rings (SSSR count). The fourth-order valence-electron chi connectivity index (χ4n) is 1.87.